The lowest BCUT2D eigenvalue weighted by Gasteiger charge is -2.03. The highest BCUT2D eigenvalue weighted by Crippen LogP contribution is 2.09. The summed E-state index contributed by atoms with van der Waals surface area (Å²) >= 11 is 0. The Morgan fingerprint density at radius 1 is 1.22 bits per heavy atom. The van der Waals surface area contributed by atoms with Crippen LogP contribution in [0, 0.1) is 0 Å². The van der Waals surface area contributed by atoms with Gasteiger partial charge >= 0.3 is 0 Å². The van der Waals surface area contributed by atoms with E-state index in [1.54, 1.807) is 24.0 Å². The number of nitrogens with zero attached hydrogens (tertiary/aromatic N) is 2. The van der Waals surface area contributed by atoms with Crippen LogP contribution in [0.2, 0.25) is 0 Å². The molecule has 0 unspecified atom stereocenters. The van der Waals surface area contributed by atoms with Crippen LogP contribution in [-0.2, 0) is 6.54 Å². The summed E-state index contributed by atoms with van der Waals surface area (Å²) in [6.07, 6.45) is 1.78. The average molecular weight is 244 g/mol. The number of amides is 1. The van der Waals surface area contributed by atoms with Gasteiger partial charge in [0.2, 0.25) is 0 Å². The van der Waals surface area contributed by atoms with Crippen LogP contribution in [0.5, 0.6) is 0 Å². The van der Waals surface area contributed by atoms with Crippen LogP contribution in [0.4, 0.5) is 0 Å². The predicted molar refractivity (Wildman–Crippen MR) is 69.7 cm³/mol. The minimum atomic E-state index is -0.180. The highest BCUT2D eigenvalue weighted by Gasteiger charge is 2.07. The van der Waals surface area contributed by atoms with E-state index in [0.717, 1.165) is 12.2 Å². The molecule has 1 aromatic carbocycles. The molecule has 18 heavy (non-hydrogen) atoms. The molecule has 2 rings (SSSR count). The lowest BCUT2D eigenvalue weighted by atomic mass is 10.2. The van der Waals surface area contributed by atoms with E-state index >= 15 is 0 Å². The molecule has 0 spiro atoms. The maximum absolute atomic E-state index is 11.4. The predicted octanol–water partition coefficient (Wildman–Crippen LogP) is 0.951. The molecule has 1 amide bonds. The number of carbonyl (C=O) groups excluding carboxylic acids is 1. The van der Waals surface area contributed by atoms with Crippen molar-refractivity contribution in [1.82, 2.24) is 20.4 Å². The van der Waals surface area contributed by atoms with Crippen LogP contribution >= 0.6 is 0 Å². The molecule has 5 heteroatoms. The Kier molecular flexibility index (Phi) is 3.74. The summed E-state index contributed by atoms with van der Waals surface area (Å²) in [4.78, 5) is 11.4. The largest absolute Gasteiger partial charge is 0.354 e. The fourth-order valence-electron chi connectivity index (χ4n) is 1.69. The molecular weight excluding hydrogens is 228 g/mol. The molecule has 0 aliphatic rings. The molecule has 0 fully saturated rings. The Morgan fingerprint density at radius 3 is 2.56 bits per heavy atom. The Labute approximate surface area is 106 Å². The molecule has 0 atom stereocenters. The second-order valence-electron chi connectivity index (χ2n) is 3.92. The second kappa shape index (κ2) is 5.46. The van der Waals surface area contributed by atoms with Gasteiger partial charge in [0.25, 0.3) is 5.91 Å². The number of nitrogens with one attached hydrogen (secondary N) is 2. The van der Waals surface area contributed by atoms with Crippen LogP contribution in [0.1, 0.15) is 16.1 Å². The van der Waals surface area contributed by atoms with E-state index < -0.39 is 0 Å². The molecule has 1 heterocycles. The third-order valence-corrected chi connectivity index (χ3v) is 2.63. The summed E-state index contributed by atoms with van der Waals surface area (Å²) in [5.74, 6) is -0.180. The zero-order chi connectivity index (χ0) is 13.0. The van der Waals surface area contributed by atoms with Crippen molar-refractivity contribution in [2.24, 2.45) is 0 Å². The van der Waals surface area contributed by atoms with Gasteiger partial charge in [0, 0.05) is 19.8 Å². The van der Waals surface area contributed by atoms with Crippen molar-refractivity contribution < 1.29 is 4.79 Å². The molecule has 0 bridgehead atoms. The standard InChI is InChI=1S/C13H16N4O/c1-14-9-10-3-5-11(6-4-10)17-8-7-12(16-17)13(18)15-2/h3-8,14H,9H2,1-2H3,(H,15,18). The third-order valence-electron chi connectivity index (χ3n) is 2.63. The zero-order valence-corrected chi connectivity index (χ0v) is 10.5. The normalized spacial score (nSPS) is 10.3. The van der Waals surface area contributed by atoms with Gasteiger partial charge in [0.1, 0.15) is 0 Å². The van der Waals surface area contributed by atoms with Crippen molar-refractivity contribution in [3.05, 3.63) is 47.8 Å². The van der Waals surface area contributed by atoms with Crippen LogP contribution in [0.25, 0.3) is 5.69 Å². The molecular formula is C13H16N4O. The number of carbonyl (C=O) groups is 1. The quantitative estimate of drug-likeness (QED) is 0.842. The number of aromatic nitrogens is 2. The van der Waals surface area contributed by atoms with Gasteiger partial charge in [0.15, 0.2) is 5.69 Å². The van der Waals surface area contributed by atoms with Gasteiger partial charge in [-0.3, -0.25) is 4.79 Å². The van der Waals surface area contributed by atoms with E-state index in [1.807, 2.05) is 31.3 Å². The second-order valence-corrected chi connectivity index (χ2v) is 3.92. The monoisotopic (exact) mass is 244 g/mol. The summed E-state index contributed by atoms with van der Waals surface area (Å²) in [6, 6.07) is 9.72. The number of rotatable bonds is 4. The maximum atomic E-state index is 11.4. The minimum Gasteiger partial charge on any atom is -0.354 e. The van der Waals surface area contributed by atoms with Crippen molar-refractivity contribution in [2.45, 2.75) is 6.54 Å². The van der Waals surface area contributed by atoms with E-state index in [9.17, 15) is 4.79 Å². The summed E-state index contributed by atoms with van der Waals surface area (Å²) in [5, 5.41) is 9.86. The lowest BCUT2D eigenvalue weighted by Crippen LogP contribution is -2.18. The molecule has 0 aliphatic heterocycles. The molecule has 0 saturated heterocycles. The third kappa shape index (κ3) is 2.57. The van der Waals surface area contributed by atoms with E-state index in [4.69, 9.17) is 0 Å². The van der Waals surface area contributed by atoms with Gasteiger partial charge in [0.05, 0.1) is 5.69 Å². The average Bonchev–Trinajstić information content (AvgIpc) is 2.89. The molecule has 0 saturated carbocycles. The van der Waals surface area contributed by atoms with Gasteiger partial charge in [-0.1, -0.05) is 12.1 Å². The van der Waals surface area contributed by atoms with Crippen molar-refractivity contribution in [3.63, 3.8) is 0 Å². The van der Waals surface area contributed by atoms with Crippen LogP contribution < -0.4 is 10.6 Å². The highest BCUT2D eigenvalue weighted by molar-refractivity contribution is 5.91. The van der Waals surface area contributed by atoms with Gasteiger partial charge in [-0.15, -0.1) is 0 Å². The first-order chi connectivity index (χ1) is 8.74. The SMILES string of the molecule is CNCc1ccc(-n2ccc(C(=O)NC)n2)cc1. The summed E-state index contributed by atoms with van der Waals surface area (Å²) in [5.41, 5.74) is 2.56. The van der Waals surface area contributed by atoms with Crippen LogP contribution in [0.15, 0.2) is 36.5 Å². The van der Waals surface area contributed by atoms with Gasteiger partial charge in [-0.05, 0) is 30.8 Å². The van der Waals surface area contributed by atoms with Gasteiger partial charge in [-0.2, -0.15) is 5.10 Å². The number of hydrogen-bond donors (Lipinski definition) is 2. The van der Waals surface area contributed by atoms with Crippen LogP contribution in [0.3, 0.4) is 0 Å². The molecule has 94 valence electrons. The Balaban J connectivity index is 2.20. The summed E-state index contributed by atoms with van der Waals surface area (Å²) in [7, 11) is 3.50. The molecule has 0 aliphatic carbocycles. The van der Waals surface area contributed by atoms with Crippen molar-refractivity contribution in [2.75, 3.05) is 14.1 Å². The van der Waals surface area contributed by atoms with E-state index in [1.165, 1.54) is 5.56 Å². The van der Waals surface area contributed by atoms with E-state index in [0.29, 0.717) is 5.69 Å². The van der Waals surface area contributed by atoms with E-state index in [-0.39, 0.29) is 5.91 Å². The Morgan fingerprint density at radius 2 is 1.94 bits per heavy atom. The topological polar surface area (TPSA) is 59.0 Å². The van der Waals surface area contributed by atoms with Crippen molar-refractivity contribution >= 4 is 5.91 Å². The molecule has 2 aromatic rings. The minimum absolute atomic E-state index is 0.180. The first kappa shape index (κ1) is 12.3. The highest BCUT2D eigenvalue weighted by atomic mass is 16.1. The van der Waals surface area contributed by atoms with Crippen molar-refractivity contribution in [1.29, 1.82) is 0 Å². The number of hydrogen-bond acceptors (Lipinski definition) is 3. The summed E-state index contributed by atoms with van der Waals surface area (Å²) < 4.78 is 1.69. The Bertz CT molecular complexity index is 530. The zero-order valence-electron chi connectivity index (χ0n) is 10.5. The first-order valence-electron chi connectivity index (χ1n) is 5.76. The molecule has 5 nitrogen and oxygen atoms in total. The van der Waals surface area contributed by atoms with Gasteiger partial charge < -0.3 is 10.6 Å². The fraction of sp³-hybridized carbons (Fsp3) is 0.231. The lowest BCUT2D eigenvalue weighted by molar-refractivity contribution is 0.0957. The van der Waals surface area contributed by atoms with Crippen LogP contribution in [-0.4, -0.2) is 29.8 Å². The smallest absolute Gasteiger partial charge is 0.271 e. The molecule has 0 radical (unpaired) electrons. The molecule has 1 aromatic heterocycles. The maximum Gasteiger partial charge on any atom is 0.271 e. The van der Waals surface area contributed by atoms with Crippen molar-refractivity contribution in [3.8, 4) is 5.69 Å². The first-order valence-corrected chi connectivity index (χ1v) is 5.76. The van der Waals surface area contributed by atoms with Gasteiger partial charge in [-0.25, -0.2) is 4.68 Å². The fourth-order valence-corrected chi connectivity index (χ4v) is 1.69. The summed E-state index contributed by atoms with van der Waals surface area (Å²) in [6.45, 7) is 0.836. The Hall–Kier alpha value is -2.14. The van der Waals surface area contributed by atoms with E-state index in [2.05, 4.69) is 15.7 Å². The number of benzene rings is 1. The molecule has 2 N–H and O–H groups in total.